The largest absolute Gasteiger partial charge is 0.379 e. The summed E-state index contributed by atoms with van der Waals surface area (Å²) in [6.07, 6.45) is 0. The van der Waals surface area contributed by atoms with Crippen LogP contribution in [-0.4, -0.2) is 53.8 Å². The molecule has 1 N–H and O–H groups in total. The van der Waals surface area contributed by atoms with Gasteiger partial charge in [0.1, 0.15) is 0 Å². The zero-order chi connectivity index (χ0) is 21.1. The lowest BCUT2D eigenvalue weighted by molar-refractivity contribution is 0.0332. The lowest BCUT2D eigenvalue weighted by atomic mass is 10.0. The zero-order valence-electron chi connectivity index (χ0n) is 17.7. The Morgan fingerprint density at radius 1 is 1.20 bits per heavy atom. The highest BCUT2D eigenvalue weighted by Gasteiger charge is 2.24. The third-order valence-corrected chi connectivity index (χ3v) is 5.52. The lowest BCUT2D eigenvalue weighted by Gasteiger charge is -2.31. The predicted octanol–water partition coefficient (Wildman–Crippen LogP) is 3.46. The van der Waals surface area contributed by atoms with Crippen LogP contribution in [0.3, 0.4) is 0 Å². The molecule has 3 aromatic rings. The number of aromatic nitrogens is 2. The number of ether oxygens (including phenoxy) is 1. The van der Waals surface area contributed by atoms with Gasteiger partial charge in [-0.1, -0.05) is 49.3 Å². The van der Waals surface area contributed by atoms with Crippen molar-refractivity contribution in [3.63, 3.8) is 0 Å². The number of carbonyl (C=O) groups excluding carboxylic acids is 1. The molecule has 30 heavy (non-hydrogen) atoms. The van der Waals surface area contributed by atoms with Crippen LogP contribution in [0.5, 0.6) is 0 Å². The van der Waals surface area contributed by atoms with Crippen molar-refractivity contribution in [2.45, 2.75) is 32.7 Å². The summed E-state index contributed by atoms with van der Waals surface area (Å²) in [5, 5.41) is 7.96. The molecule has 1 fully saturated rings. The van der Waals surface area contributed by atoms with E-state index in [2.05, 4.69) is 32.5 Å². The number of aryl methyl sites for hydroxylation is 1. The summed E-state index contributed by atoms with van der Waals surface area (Å²) < 4.78 is 10.9. The second kappa shape index (κ2) is 8.93. The Morgan fingerprint density at radius 2 is 1.93 bits per heavy atom. The van der Waals surface area contributed by atoms with E-state index in [4.69, 9.17) is 9.26 Å². The highest BCUT2D eigenvalue weighted by molar-refractivity contribution is 6.06. The quantitative estimate of drug-likeness (QED) is 0.673. The minimum atomic E-state index is -0.141. The van der Waals surface area contributed by atoms with Crippen LogP contribution >= 0.6 is 0 Å². The van der Waals surface area contributed by atoms with Crippen LogP contribution < -0.4 is 5.32 Å². The summed E-state index contributed by atoms with van der Waals surface area (Å²) in [6, 6.07) is 11.8. The van der Waals surface area contributed by atoms with Crippen molar-refractivity contribution in [2.24, 2.45) is 0 Å². The van der Waals surface area contributed by atoms with E-state index < -0.39 is 0 Å². The van der Waals surface area contributed by atoms with E-state index in [0.29, 0.717) is 22.4 Å². The fourth-order valence-corrected chi connectivity index (χ4v) is 3.79. The van der Waals surface area contributed by atoms with Crippen molar-refractivity contribution >= 4 is 17.0 Å². The third kappa shape index (κ3) is 4.37. The molecule has 7 heteroatoms. The molecule has 1 aromatic carbocycles. The van der Waals surface area contributed by atoms with Gasteiger partial charge in [0.15, 0.2) is 0 Å². The number of benzene rings is 1. The molecule has 1 aliphatic heterocycles. The number of fused-ring (bicyclic) bond motifs is 1. The minimum absolute atomic E-state index is 0.136. The first-order chi connectivity index (χ1) is 14.5. The molecule has 1 atom stereocenters. The van der Waals surface area contributed by atoms with E-state index >= 15 is 0 Å². The third-order valence-electron chi connectivity index (χ3n) is 5.52. The smallest absolute Gasteiger partial charge is 0.259 e. The van der Waals surface area contributed by atoms with E-state index in [-0.39, 0.29) is 17.9 Å². The number of amides is 1. The zero-order valence-corrected chi connectivity index (χ0v) is 17.7. The predicted molar refractivity (Wildman–Crippen MR) is 115 cm³/mol. The molecule has 1 unspecified atom stereocenters. The van der Waals surface area contributed by atoms with Crippen molar-refractivity contribution in [2.75, 3.05) is 32.8 Å². The summed E-state index contributed by atoms with van der Waals surface area (Å²) in [6.45, 7) is 9.82. The Balaban J connectivity index is 1.66. The molecule has 4 rings (SSSR count). The summed E-state index contributed by atoms with van der Waals surface area (Å²) in [5.74, 6) is 0.0299. The van der Waals surface area contributed by atoms with Gasteiger partial charge in [-0.15, -0.1) is 0 Å². The van der Waals surface area contributed by atoms with Gasteiger partial charge in [0.05, 0.1) is 35.9 Å². The Bertz CT molecular complexity index is 1010. The minimum Gasteiger partial charge on any atom is -0.379 e. The number of morpholine rings is 1. The van der Waals surface area contributed by atoms with E-state index in [1.165, 1.54) is 0 Å². The topological polar surface area (TPSA) is 80.5 Å². The summed E-state index contributed by atoms with van der Waals surface area (Å²) in [5.41, 5.74) is 3.53. The standard InChI is InChI=1S/C23H28N4O3/c1-15(2)19-13-18(21-16(3)26-30-23(21)25-19)22(28)24-20(17-7-5-4-6-8-17)14-27-9-11-29-12-10-27/h4-8,13,15,20H,9-12,14H2,1-3H3,(H,24,28). The molecule has 1 saturated heterocycles. The van der Waals surface area contributed by atoms with Gasteiger partial charge in [0.2, 0.25) is 0 Å². The van der Waals surface area contributed by atoms with Crippen molar-refractivity contribution < 1.29 is 14.1 Å². The molecular weight excluding hydrogens is 380 g/mol. The van der Waals surface area contributed by atoms with E-state index in [9.17, 15) is 4.79 Å². The number of carbonyl (C=O) groups is 1. The second-order valence-corrected chi connectivity index (χ2v) is 8.05. The van der Waals surface area contributed by atoms with Gasteiger partial charge >= 0.3 is 0 Å². The maximum atomic E-state index is 13.5. The number of hydrogen-bond donors (Lipinski definition) is 1. The van der Waals surface area contributed by atoms with E-state index in [1.54, 1.807) is 0 Å². The first kappa shape index (κ1) is 20.5. The van der Waals surface area contributed by atoms with E-state index in [1.807, 2.05) is 45.0 Å². The van der Waals surface area contributed by atoms with Gasteiger partial charge in [-0.3, -0.25) is 9.69 Å². The maximum absolute atomic E-state index is 13.5. The number of nitrogens with one attached hydrogen (secondary N) is 1. The molecule has 158 valence electrons. The highest BCUT2D eigenvalue weighted by Crippen LogP contribution is 2.26. The fraction of sp³-hybridized carbons (Fsp3) is 0.435. The van der Waals surface area contributed by atoms with Gasteiger partial charge in [-0.05, 0) is 24.5 Å². The average molecular weight is 409 g/mol. The maximum Gasteiger partial charge on any atom is 0.259 e. The molecule has 0 spiro atoms. The van der Waals surface area contributed by atoms with Gasteiger partial charge in [0.25, 0.3) is 11.6 Å². The van der Waals surface area contributed by atoms with Gasteiger partial charge in [-0.25, -0.2) is 4.98 Å². The van der Waals surface area contributed by atoms with Crippen LogP contribution in [0.2, 0.25) is 0 Å². The van der Waals surface area contributed by atoms with Crippen LogP contribution in [0.15, 0.2) is 40.9 Å². The molecule has 7 nitrogen and oxygen atoms in total. The fourth-order valence-electron chi connectivity index (χ4n) is 3.79. The number of nitrogens with zero attached hydrogens (tertiary/aromatic N) is 3. The number of rotatable bonds is 6. The van der Waals surface area contributed by atoms with Gasteiger partial charge in [-0.2, -0.15) is 0 Å². The first-order valence-corrected chi connectivity index (χ1v) is 10.5. The van der Waals surface area contributed by atoms with Crippen molar-refractivity contribution in [1.82, 2.24) is 20.4 Å². The normalized spacial score (nSPS) is 16.1. The first-order valence-electron chi connectivity index (χ1n) is 10.5. The van der Waals surface area contributed by atoms with Crippen LogP contribution in [-0.2, 0) is 4.74 Å². The highest BCUT2D eigenvalue weighted by atomic mass is 16.5. The Hall–Kier alpha value is -2.77. The molecule has 0 radical (unpaired) electrons. The van der Waals surface area contributed by atoms with Gasteiger partial charge in [0, 0.05) is 25.3 Å². The number of pyridine rings is 1. The molecule has 3 heterocycles. The molecule has 0 saturated carbocycles. The van der Waals surface area contributed by atoms with Crippen LogP contribution in [0.4, 0.5) is 0 Å². The molecule has 1 amide bonds. The summed E-state index contributed by atoms with van der Waals surface area (Å²) >= 11 is 0. The Labute approximate surface area is 176 Å². The van der Waals surface area contributed by atoms with Crippen molar-refractivity contribution in [3.05, 3.63) is 58.9 Å². The number of hydrogen-bond acceptors (Lipinski definition) is 6. The Kier molecular flexibility index (Phi) is 6.11. The van der Waals surface area contributed by atoms with E-state index in [0.717, 1.165) is 44.1 Å². The molecule has 0 aliphatic carbocycles. The SMILES string of the molecule is Cc1noc2nc(C(C)C)cc(C(=O)NC(CN3CCOCC3)c3ccccc3)c12. The van der Waals surface area contributed by atoms with Crippen LogP contribution in [0, 0.1) is 6.92 Å². The summed E-state index contributed by atoms with van der Waals surface area (Å²) in [7, 11) is 0. The van der Waals surface area contributed by atoms with Crippen LogP contribution in [0.1, 0.15) is 53.1 Å². The Morgan fingerprint density at radius 3 is 2.63 bits per heavy atom. The average Bonchev–Trinajstić information content (AvgIpc) is 3.14. The molecule has 0 bridgehead atoms. The molecular formula is C23H28N4O3. The lowest BCUT2D eigenvalue weighted by Crippen LogP contribution is -2.43. The van der Waals surface area contributed by atoms with Crippen molar-refractivity contribution in [1.29, 1.82) is 0 Å². The monoisotopic (exact) mass is 408 g/mol. The second-order valence-electron chi connectivity index (χ2n) is 8.05. The molecule has 1 aliphatic rings. The van der Waals surface area contributed by atoms with Crippen LogP contribution in [0.25, 0.3) is 11.1 Å². The molecule has 2 aromatic heterocycles. The summed E-state index contributed by atoms with van der Waals surface area (Å²) in [4.78, 5) is 20.3. The van der Waals surface area contributed by atoms with Crippen molar-refractivity contribution in [3.8, 4) is 0 Å². The van der Waals surface area contributed by atoms with Gasteiger partial charge < -0.3 is 14.6 Å².